The third-order valence-corrected chi connectivity index (χ3v) is 7.01. The van der Waals surface area contributed by atoms with Crippen molar-refractivity contribution in [1.82, 2.24) is 9.38 Å². The molecule has 0 unspecified atom stereocenters. The van der Waals surface area contributed by atoms with Crippen molar-refractivity contribution < 1.29 is 17.9 Å². The summed E-state index contributed by atoms with van der Waals surface area (Å²) < 4.78 is 31.7. The van der Waals surface area contributed by atoms with Crippen molar-refractivity contribution in [2.24, 2.45) is 0 Å². The minimum Gasteiger partial charge on any atom is -0.495 e. The van der Waals surface area contributed by atoms with E-state index in [0.717, 1.165) is 5.56 Å². The molecular formula is C20H23N3O4S. The van der Waals surface area contributed by atoms with E-state index < -0.39 is 14.6 Å². The second kappa shape index (κ2) is 6.94. The van der Waals surface area contributed by atoms with Gasteiger partial charge in [0.05, 0.1) is 18.1 Å². The number of ether oxygens (including phenoxy) is 1. The van der Waals surface area contributed by atoms with Gasteiger partial charge in [-0.15, -0.1) is 0 Å². The molecule has 0 aliphatic carbocycles. The van der Waals surface area contributed by atoms with Crippen LogP contribution in [0, 0.1) is 6.92 Å². The van der Waals surface area contributed by atoms with Crippen LogP contribution in [0.1, 0.15) is 36.8 Å². The number of pyridine rings is 1. The molecule has 2 heterocycles. The van der Waals surface area contributed by atoms with Crippen molar-refractivity contribution in [2.45, 2.75) is 37.3 Å². The lowest BCUT2D eigenvalue weighted by molar-refractivity contribution is 0.102. The standard InChI is InChI=1S/C20H23N3O4S/c1-13-8-6-7-9-14(13)22-19(24)15-11-21-18-10-16(27-5)17(12-23(15)18)28(25,26)20(2,3)4/h6-12H,1-5H3,(H,22,24). The second-order valence-electron chi connectivity index (χ2n) is 7.46. The Morgan fingerprint density at radius 1 is 1.21 bits per heavy atom. The largest absolute Gasteiger partial charge is 0.495 e. The number of fused-ring (bicyclic) bond motifs is 1. The number of amides is 1. The number of hydrogen-bond donors (Lipinski definition) is 1. The van der Waals surface area contributed by atoms with Crippen molar-refractivity contribution in [3.63, 3.8) is 0 Å². The lowest BCUT2D eigenvalue weighted by Gasteiger charge is -2.21. The van der Waals surface area contributed by atoms with E-state index in [1.165, 1.54) is 30.0 Å². The number of anilines is 1. The zero-order valence-electron chi connectivity index (χ0n) is 16.5. The van der Waals surface area contributed by atoms with Crippen LogP contribution in [0.25, 0.3) is 5.65 Å². The predicted octanol–water partition coefficient (Wildman–Crippen LogP) is 3.48. The van der Waals surface area contributed by atoms with Gasteiger partial charge in [-0.25, -0.2) is 13.4 Å². The Hall–Kier alpha value is -2.87. The van der Waals surface area contributed by atoms with Gasteiger partial charge in [0, 0.05) is 18.0 Å². The van der Waals surface area contributed by atoms with Crippen LogP contribution in [0.3, 0.4) is 0 Å². The van der Waals surface area contributed by atoms with Crippen molar-refractivity contribution in [2.75, 3.05) is 12.4 Å². The molecule has 0 saturated carbocycles. The third kappa shape index (κ3) is 3.35. The number of nitrogens with zero attached hydrogens (tertiary/aromatic N) is 2. The molecule has 0 radical (unpaired) electrons. The number of nitrogens with one attached hydrogen (secondary N) is 1. The molecule has 0 saturated heterocycles. The quantitative estimate of drug-likeness (QED) is 0.723. The fourth-order valence-electron chi connectivity index (χ4n) is 2.75. The number of sulfone groups is 1. The molecule has 8 heteroatoms. The summed E-state index contributed by atoms with van der Waals surface area (Å²) in [4.78, 5) is 17.0. The van der Waals surface area contributed by atoms with E-state index >= 15 is 0 Å². The Morgan fingerprint density at radius 2 is 1.89 bits per heavy atom. The molecule has 1 aromatic carbocycles. The van der Waals surface area contributed by atoms with Crippen LogP contribution in [-0.4, -0.2) is 35.6 Å². The molecular weight excluding hydrogens is 378 g/mol. The first-order valence-corrected chi connectivity index (χ1v) is 10.2. The van der Waals surface area contributed by atoms with E-state index in [-0.39, 0.29) is 22.2 Å². The smallest absolute Gasteiger partial charge is 0.274 e. The minimum absolute atomic E-state index is 0.0120. The normalized spacial score (nSPS) is 12.2. The number of aromatic nitrogens is 2. The van der Waals surface area contributed by atoms with Crippen LogP contribution in [0.2, 0.25) is 0 Å². The third-order valence-electron chi connectivity index (χ3n) is 4.52. The maximum absolute atomic E-state index is 13.0. The monoisotopic (exact) mass is 401 g/mol. The van der Waals surface area contributed by atoms with Gasteiger partial charge < -0.3 is 10.1 Å². The Balaban J connectivity index is 2.13. The number of rotatable bonds is 4. The molecule has 0 bridgehead atoms. The van der Waals surface area contributed by atoms with Crippen LogP contribution in [0.5, 0.6) is 5.75 Å². The SMILES string of the molecule is COc1cc2ncc(C(=O)Nc3ccccc3C)n2cc1S(=O)(=O)C(C)(C)C. The van der Waals surface area contributed by atoms with Gasteiger partial charge in [-0.3, -0.25) is 9.20 Å². The van der Waals surface area contributed by atoms with Crippen molar-refractivity contribution in [3.05, 3.63) is 54.0 Å². The molecule has 148 valence electrons. The lowest BCUT2D eigenvalue weighted by Crippen LogP contribution is -2.28. The Kier molecular flexibility index (Phi) is 4.93. The number of aryl methyl sites for hydroxylation is 1. The first kappa shape index (κ1) is 19.9. The summed E-state index contributed by atoms with van der Waals surface area (Å²) in [5, 5.41) is 2.84. The van der Waals surface area contributed by atoms with E-state index in [2.05, 4.69) is 10.3 Å². The molecule has 0 aliphatic rings. The topological polar surface area (TPSA) is 89.8 Å². The number of imidazole rings is 1. The van der Waals surface area contributed by atoms with Crippen LogP contribution < -0.4 is 10.1 Å². The summed E-state index contributed by atoms with van der Waals surface area (Å²) in [6.45, 7) is 6.74. The van der Waals surface area contributed by atoms with Gasteiger partial charge in [-0.05, 0) is 39.3 Å². The number of carbonyl (C=O) groups excluding carboxylic acids is 1. The first-order valence-electron chi connectivity index (χ1n) is 8.73. The fraction of sp³-hybridized carbons (Fsp3) is 0.300. The highest BCUT2D eigenvalue weighted by Crippen LogP contribution is 2.33. The number of carbonyl (C=O) groups is 1. The summed E-state index contributed by atoms with van der Waals surface area (Å²) in [5.74, 6) is -0.190. The molecule has 0 atom stereocenters. The average molecular weight is 401 g/mol. The molecule has 1 N–H and O–H groups in total. The van der Waals surface area contributed by atoms with Crippen LogP contribution in [-0.2, 0) is 9.84 Å². The maximum Gasteiger partial charge on any atom is 0.274 e. The van der Waals surface area contributed by atoms with E-state index in [4.69, 9.17) is 4.74 Å². The molecule has 0 spiro atoms. The second-order valence-corrected chi connectivity index (χ2v) is 10.1. The van der Waals surface area contributed by atoms with Gasteiger partial charge in [-0.2, -0.15) is 0 Å². The van der Waals surface area contributed by atoms with Gasteiger partial charge in [0.15, 0.2) is 9.84 Å². The van der Waals surface area contributed by atoms with E-state index in [1.54, 1.807) is 26.8 Å². The number of para-hydroxylation sites is 1. The average Bonchev–Trinajstić information content (AvgIpc) is 3.04. The van der Waals surface area contributed by atoms with Crippen molar-refractivity contribution in [1.29, 1.82) is 0 Å². The van der Waals surface area contributed by atoms with Gasteiger partial charge >= 0.3 is 0 Å². The molecule has 28 heavy (non-hydrogen) atoms. The molecule has 3 rings (SSSR count). The van der Waals surface area contributed by atoms with Gasteiger partial charge in [0.25, 0.3) is 5.91 Å². The van der Waals surface area contributed by atoms with Crippen LogP contribution in [0.4, 0.5) is 5.69 Å². The zero-order valence-corrected chi connectivity index (χ0v) is 17.3. The minimum atomic E-state index is -3.70. The Morgan fingerprint density at radius 3 is 2.50 bits per heavy atom. The zero-order chi connectivity index (χ0) is 20.7. The number of benzene rings is 1. The fourth-order valence-corrected chi connectivity index (χ4v) is 4.06. The van der Waals surface area contributed by atoms with Crippen molar-refractivity contribution in [3.8, 4) is 5.75 Å². The summed E-state index contributed by atoms with van der Waals surface area (Å²) in [6.07, 6.45) is 2.81. The highest BCUT2D eigenvalue weighted by molar-refractivity contribution is 7.92. The van der Waals surface area contributed by atoms with Crippen LogP contribution >= 0.6 is 0 Å². The summed E-state index contributed by atoms with van der Waals surface area (Å²) in [6, 6.07) is 8.92. The van der Waals surface area contributed by atoms with Gasteiger partial charge in [0.1, 0.15) is 22.0 Å². The van der Waals surface area contributed by atoms with Crippen LogP contribution in [0.15, 0.2) is 47.6 Å². The predicted molar refractivity (Wildman–Crippen MR) is 108 cm³/mol. The Labute approximate surface area is 164 Å². The highest BCUT2D eigenvalue weighted by atomic mass is 32.2. The lowest BCUT2D eigenvalue weighted by atomic mass is 10.2. The molecule has 2 aromatic heterocycles. The number of hydrogen-bond acceptors (Lipinski definition) is 5. The van der Waals surface area contributed by atoms with E-state index in [1.807, 2.05) is 25.1 Å². The molecule has 1 amide bonds. The van der Waals surface area contributed by atoms with Crippen molar-refractivity contribution >= 4 is 27.1 Å². The highest BCUT2D eigenvalue weighted by Gasteiger charge is 2.34. The molecule has 0 fully saturated rings. The van der Waals surface area contributed by atoms with E-state index in [9.17, 15) is 13.2 Å². The number of methoxy groups -OCH3 is 1. The van der Waals surface area contributed by atoms with Gasteiger partial charge in [-0.1, -0.05) is 18.2 Å². The molecule has 0 aliphatic heterocycles. The summed E-state index contributed by atoms with van der Waals surface area (Å²) in [7, 11) is -2.30. The van der Waals surface area contributed by atoms with E-state index in [0.29, 0.717) is 11.3 Å². The molecule has 7 nitrogen and oxygen atoms in total. The first-order chi connectivity index (χ1) is 13.1. The van der Waals surface area contributed by atoms with Gasteiger partial charge in [0.2, 0.25) is 0 Å². The maximum atomic E-state index is 13.0. The summed E-state index contributed by atoms with van der Waals surface area (Å²) >= 11 is 0. The summed E-state index contributed by atoms with van der Waals surface area (Å²) in [5.41, 5.74) is 2.24. The molecule has 3 aromatic rings. The Bertz CT molecular complexity index is 1160.